The van der Waals surface area contributed by atoms with Crippen LogP contribution in [0.15, 0.2) is 29.3 Å². The van der Waals surface area contributed by atoms with Crippen molar-refractivity contribution >= 4 is 23.7 Å². The summed E-state index contributed by atoms with van der Waals surface area (Å²) in [6.07, 6.45) is 0. The van der Waals surface area contributed by atoms with Crippen LogP contribution in [-0.2, 0) is 11.3 Å². The van der Waals surface area contributed by atoms with E-state index in [1.54, 1.807) is 7.05 Å². The highest BCUT2D eigenvalue weighted by Gasteiger charge is 2.54. The number of urea groups is 1. The molecule has 0 radical (unpaired) electrons. The molecule has 1 fully saturated rings. The molecule has 0 N–H and O–H groups in total. The lowest BCUT2D eigenvalue weighted by Crippen LogP contribution is -2.63. The molecule has 0 bridgehead atoms. The van der Waals surface area contributed by atoms with Crippen LogP contribution in [0.1, 0.15) is 11.1 Å². The summed E-state index contributed by atoms with van der Waals surface area (Å²) in [5, 5.41) is 0. The number of rotatable bonds is 2. The average Bonchev–Trinajstić information content (AvgIpc) is 2.89. The van der Waals surface area contributed by atoms with Gasteiger partial charge >= 0.3 is 12.0 Å². The standard InChI is InChI=1S/C17H22N5O2/c1-11-6-8-12(9-7-11)10-22-15(23)13-14(21(5)17(22)24)18-16(19(2)3)20(13)4/h6-9,13H,10H2,1-5H3/q+1. The molecule has 2 aliphatic rings. The van der Waals surface area contributed by atoms with Gasteiger partial charge in [0, 0.05) is 7.05 Å². The largest absolute Gasteiger partial charge is 0.391 e. The maximum Gasteiger partial charge on any atom is 0.391 e. The van der Waals surface area contributed by atoms with Gasteiger partial charge in [-0.25, -0.2) is 9.69 Å². The molecule has 3 rings (SSSR count). The Labute approximate surface area is 141 Å². The van der Waals surface area contributed by atoms with Crippen molar-refractivity contribution < 1.29 is 14.2 Å². The molecule has 1 aromatic rings. The zero-order valence-electron chi connectivity index (χ0n) is 14.6. The van der Waals surface area contributed by atoms with E-state index in [2.05, 4.69) is 4.99 Å². The first-order valence-corrected chi connectivity index (χ1v) is 7.81. The fraction of sp³-hybridized carbons (Fsp3) is 0.412. The van der Waals surface area contributed by atoms with E-state index in [0.29, 0.717) is 11.8 Å². The Bertz CT molecular complexity index is 762. The second-order valence-corrected chi connectivity index (χ2v) is 6.43. The van der Waals surface area contributed by atoms with Gasteiger partial charge in [-0.1, -0.05) is 34.8 Å². The number of likely N-dealkylation sites (N-methyl/N-ethyl adjacent to an activating group) is 2. The van der Waals surface area contributed by atoms with Gasteiger partial charge in [0.15, 0.2) is 0 Å². The summed E-state index contributed by atoms with van der Waals surface area (Å²) in [5.74, 6) is 0.910. The van der Waals surface area contributed by atoms with E-state index in [9.17, 15) is 9.59 Å². The summed E-state index contributed by atoms with van der Waals surface area (Å²) in [6, 6.07) is 6.93. The van der Waals surface area contributed by atoms with Crippen LogP contribution in [0.25, 0.3) is 0 Å². The number of fused-ring (bicyclic) bond motifs is 1. The highest BCUT2D eigenvalue weighted by atomic mass is 16.2. The summed E-state index contributed by atoms with van der Waals surface area (Å²) < 4.78 is 1.83. The topological polar surface area (TPSA) is 59.2 Å². The highest BCUT2D eigenvalue weighted by molar-refractivity contribution is 6.25. The van der Waals surface area contributed by atoms with Gasteiger partial charge < -0.3 is 0 Å². The van der Waals surface area contributed by atoms with E-state index in [-0.39, 0.29) is 18.5 Å². The third-order valence-corrected chi connectivity index (χ3v) is 4.38. The van der Waals surface area contributed by atoms with Crippen LogP contribution >= 0.6 is 0 Å². The molecule has 0 aromatic heterocycles. The van der Waals surface area contributed by atoms with Crippen LogP contribution in [0.2, 0.25) is 0 Å². The number of aliphatic imine (C=N–C) groups is 1. The van der Waals surface area contributed by atoms with Crippen LogP contribution in [0.3, 0.4) is 0 Å². The first-order valence-electron chi connectivity index (χ1n) is 7.81. The Morgan fingerprint density at radius 2 is 1.75 bits per heavy atom. The molecule has 3 amide bonds. The van der Waals surface area contributed by atoms with Gasteiger partial charge in [0.2, 0.25) is 11.9 Å². The van der Waals surface area contributed by atoms with E-state index in [1.807, 2.05) is 61.8 Å². The van der Waals surface area contributed by atoms with Crippen molar-refractivity contribution in [3.8, 4) is 0 Å². The number of guanidine groups is 1. The van der Waals surface area contributed by atoms with E-state index >= 15 is 0 Å². The van der Waals surface area contributed by atoms with Crippen molar-refractivity contribution in [2.75, 3.05) is 28.2 Å². The molecule has 2 aliphatic heterocycles. The molecular weight excluding hydrogens is 306 g/mol. The predicted octanol–water partition coefficient (Wildman–Crippen LogP) is 0.730. The normalized spacial score (nSPS) is 20.5. The molecule has 126 valence electrons. The number of hydrogen-bond acceptors (Lipinski definition) is 2. The van der Waals surface area contributed by atoms with Gasteiger partial charge in [0.05, 0.1) is 27.7 Å². The molecule has 1 unspecified atom stereocenters. The SMILES string of the molecule is Cc1ccc(CN2C(=O)C3C(=NC(=[N+](C)C)N3C)N(C)C2=O)cc1. The van der Waals surface area contributed by atoms with Crippen molar-refractivity contribution in [2.45, 2.75) is 19.5 Å². The van der Waals surface area contributed by atoms with Gasteiger partial charge in [-0.05, 0) is 12.5 Å². The molecule has 0 spiro atoms. The highest BCUT2D eigenvalue weighted by Crippen LogP contribution is 2.23. The van der Waals surface area contributed by atoms with Gasteiger partial charge in [0.1, 0.15) is 0 Å². The lowest BCUT2D eigenvalue weighted by atomic mass is 10.1. The summed E-state index contributed by atoms with van der Waals surface area (Å²) in [4.78, 5) is 34.6. The van der Waals surface area contributed by atoms with Crippen molar-refractivity contribution in [3.63, 3.8) is 0 Å². The number of imide groups is 1. The molecule has 24 heavy (non-hydrogen) atoms. The molecule has 7 nitrogen and oxygen atoms in total. The Kier molecular flexibility index (Phi) is 3.87. The summed E-state index contributed by atoms with van der Waals surface area (Å²) in [6.45, 7) is 2.26. The molecule has 7 heteroatoms. The number of carbonyl (C=O) groups excluding carboxylic acids is 2. The molecular formula is C17H22N5O2+. The minimum atomic E-state index is -0.560. The zero-order chi connectivity index (χ0) is 17.6. The second-order valence-electron chi connectivity index (χ2n) is 6.43. The van der Waals surface area contributed by atoms with E-state index in [0.717, 1.165) is 11.1 Å². The molecule has 1 atom stereocenters. The maximum absolute atomic E-state index is 12.9. The molecule has 1 saturated heterocycles. The van der Waals surface area contributed by atoms with Gasteiger partial charge in [-0.3, -0.25) is 19.2 Å². The van der Waals surface area contributed by atoms with Crippen molar-refractivity contribution in [1.82, 2.24) is 14.7 Å². The number of amidine groups is 1. The Morgan fingerprint density at radius 1 is 1.12 bits per heavy atom. The van der Waals surface area contributed by atoms with Crippen molar-refractivity contribution in [2.24, 2.45) is 4.99 Å². The number of hydrogen-bond donors (Lipinski definition) is 0. The van der Waals surface area contributed by atoms with Crippen LogP contribution < -0.4 is 0 Å². The number of benzene rings is 1. The fourth-order valence-electron chi connectivity index (χ4n) is 3.02. The zero-order valence-corrected chi connectivity index (χ0v) is 14.6. The van der Waals surface area contributed by atoms with Gasteiger partial charge in [-0.2, -0.15) is 0 Å². The van der Waals surface area contributed by atoms with Gasteiger partial charge in [0.25, 0.3) is 5.91 Å². The van der Waals surface area contributed by atoms with E-state index < -0.39 is 6.04 Å². The quantitative estimate of drug-likeness (QED) is 0.752. The Morgan fingerprint density at radius 3 is 2.33 bits per heavy atom. The minimum absolute atomic E-state index is 0.239. The van der Waals surface area contributed by atoms with E-state index in [1.165, 1.54) is 9.80 Å². The van der Waals surface area contributed by atoms with Crippen LogP contribution in [-0.4, -0.2) is 77.2 Å². The third-order valence-electron chi connectivity index (χ3n) is 4.38. The number of amides is 3. The van der Waals surface area contributed by atoms with Gasteiger partial charge in [-0.15, -0.1) is 0 Å². The van der Waals surface area contributed by atoms with Crippen molar-refractivity contribution in [3.05, 3.63) is 35.4 Å². The smallest absolute Gasteiger partial charge is 0.270 e. The molecule has 2 heterocycles. The second kappa shape index (κ2) is 5.74. The van der Waals surface area contributed by atoms with Crippen LogP contribution in [0, 0.1) is 6.92 Å². The molecule has 0 saturated carbocycles. The average molecular weight is 328 g/mol. The first-order chi connectivity index (χ1) is 11.3. The van der Waals surface area contributed by atoms with Crippen molar-refractivity contribution in [1.29, 1.82) is 0 Å². The lowest BCUT2D eigenvalue weighted by molar-refractivity contribution is -0.470. The minimum Gasteiger partial charge on any atom is -0.270 e. The first kappa shape index (κ1) is 16.2. The predicted molar refractivity (Wildman–Crippen MR) is 91.0 cm³/mol. The Hall–Kier alpha value is -2.70. The maximum atomic E-state index is 12.9. The summed E-state index contributed by atoms with van der Waals surface area (Å²) in [7, 11) is 7.21. The third kappa shape index (κ3) is 2.46. The summed E-state index contributed by atoms with van der Waals surface area (Å²) in [5.41, 5.74) is 2.07. The number of aryl methyl sites for hydroxylation is 1. The van der Waals surface area contributed by atoms with Crippen LogP contribution in [0.5, 0.6) is 0 Å². The van der Waals surface area contributed by atoms with E-state index in [4.69, 9.17) is 0 Å². The lowest BCUT2D eigenvalue weighted by Gasteiger charge is -2.34. The van der Waals surface area contributed by atoms with Crippen LogP contribution in [0.4, 0.5) is 4.79 Å². The monoisotopic (exact) mass is 328 g/mol. The fourth-order valence-corrected chi connectivity index (χ4v) is 3.02. The molecule has 1 aromatic carbocycles. The number of nitrogens with zero attached hydrogens (tertiary/aromatic N) is 5. The summed E-state index contributed by atoms with van der Waals surface area (Å²) >= 11 is 0. The Balaban J connectivity index is 1.93. The number of carbonyl (C=O) groups is 2. The molecule has 0 aliphatic carbocycles.